The summed E-state index contributed by atoms with van der Waals surface area (Å²) in [5.41, 5.74) is 0.526. The van der Waals surface area contributed by atoms with Crippen LogP contribution in [0.3, 0.4) is 0 Å². The van der Waals surface area contributed by atoms with Gasteiger partial charge in [0.1, 0.15) is 0 Å². The van der Waals surface area contributed by atoms with Gasteiger partial charge in [-0.05, 0) is 42.5 Å². The van der Waals surface area contributed by atoms with E-state index in [0.29, 0.717) is 0 Å². The molecule has 0 aliphatic heterocycles. The van der Waals surface area contributed by atoms with Gasteiger partial charge >= 0.3 is 6.18 Å². The molecule has 1 aliphatic rings. The third-order valence-corrected chi connectivity index (χ3v) is 4.67. The fraction of sp³-hybridized carbons (Fsp3) is 0.647. The second-order valence-electron chi connectivity index (χ2n) is 6.33. The van der Waals surface area contributed by atoms with Crippen LogP contribution in [-0.2, 0) is 6.18 Å². The van der Waals surface area contributed by atoms with Crippen LogP contribution < -0.4 is 5.32 Å². The van der Waals surface area contributed by atoms with E-state index < -0.39 is 11.7 Å². The summed E-state index contributed by atoms with van der Waals surface area (Å²) in [4.78, 5) is 0. The predicted octanol–water partition coefficient (Wildman–Crippen LogP) is 5.33. The Morgan fingerprint density at radius 3 is 2.14 bits per heavy atom. The smallest absolute Gasteiger partial charge is 0.310 e. The molecule has 1 unspecified atom stereocenters. The van der Waals surface area contributed by atoms with Gasteiger partial charge in [-0.25, -0.2) is 0 Å². The fourth-order valence-corrected chi connectivity index (χ4v) is 3.48. The topological polar surface area (TPSA) is 12.0 Å². The summed E-state index contributed by atoms with van der Waals surface area (Å²) in [6.45, 7) is 5.13. The Bertz CT molecular complexity index is 444. The van der Waals surface area contributed by atoms with Crippen molar-refractivity contribution in [3.63, 3.8) is 0 Å². The van der Waals surface area contributed by atoms with E-state index in [4.69, 9.17) is 0 Å². The van der Waals surface area contributed by atoms with Crippen molar-refractivity contribution in [1.82, 2.24) is 5.32 Å². The zero-order valence-electron chi connectivity index (χ0n) is 12.8. The molecule has 21 heavy (non-hydrogen) atoms. The van der Waals surface area contributed by atoms with Crippen molar-refractivity contribution in [3.8, 4) is 0 Å². The van der Waals surface area contributed by atoms with Crippen LogP contribution in [0.1, 0.15) is 63.1 Å². The molecule has 0 aromatic heterocycles. The fourth-order valence-electron chi connectivity index (χ4n) is 3.48. The summed E-state index contributed by atoms with van der Waals surface area (Å²) in [6.07, 6.45) is 1.68. The van der Waals surface area contributed by atoms with Crippen LogP contribution in [0.25, 0.3) is 0 Å². The summed E-state index contributed by atoms with van der Waals surface area (Å²) in [7, 11) is 0. The highest BCUT2D eigenvalue weighted by molar-refractivity contribution is 5.28. The van der Waals surface area contributed by atoms with Crippen LogP contribution in [0, 0.1) is 5.41 Å². The van der Waals surface area contributed by atoms with Gasteiger partial charge in [-0.3, -0.25) is 0 Å². The molecule has 4 heteroatoms. The molecule has 1 atom stereocenters. The SMILES string of the molecule is CCNC(c1ccc(C(F)(F)F)cc1)C1(C)CCCCC1. The molecule has 0 bridgehead atoms. The van der Waals surface area contributed by atoms with E-state index >= 15 is 0 Å². The van der Waals surface area contributed by atoms with Gasteiger partial charge in [-0.2, -0.15) is 13.2 Å². The van der Waals surface area contributed by atoms with E-state index in [9.17, 15) is 13.2 Å². The lowest BCUT2D eigenvalue weighted by atomic mass is 9.68. The number of hydrogen-bond donors (Lipinski definition) is 1. The van der Waals surface area contributed by atoms with Crippen LogP contribution >= 0.6 is 0 Å². The van der Waals surface area contributed by atoms with Crippen molar-refractivity contribution in [2.45, 2.75) is 58.2 Å². The van der Waals surface area contributed by atoms with Crippen molar-refractivity contribution in [2.75, 3.05) is 6.54 Å². The molecule has 118 valence electrons. The van der Waals surface area contributed by atoms with Crippen molar-refractivity contribution in [3.05, 3.63) is 35.4 Å². The molecule has 0 heterocycles. The van der Waals surface area contributed by atoms with Crippen LogP contribution in [0.15, 0.2) is 24.3 Å². The second kappa shape index (κ2) is 6.39. The number of halogens is 3. The second-order valence-corrected chi connectivity index (χ2v) is 6.33. The van der Waals surface area contributed by atoms with Gasteiger partial charge in [0.05, 0.1) is 5.56 Å². The molecule has 0 amide bonds. The van der Waals surface area contributed by atoms with Crippen molar-refractivity contribution < 1.29 is 13.2 Å². The van der Waals surface area contributed by atoms with Gasteiger partial charge in [0.2, 0.25) is 0 Å². The predicted molar refractivity (Wildman–Crippen MR) is 79.1 cm³/mol. The summed E-state index contributed by atoms with van der Waals surface area (Å²) >= 11 is 0. The van der Waals surface area contributed by atoms with E-state index in [-0.39, 0.29) is 11.5 Å². The largest absolute Gasteiger partial charge is 0.416 e. The van der Waals surface area contributed by atoms with Crippen LogP contribution in [0.5, 0.6) is 0 Å². The van der Waals surface area contributed by atoms with Crippen molar-refractivity contribution in [2.24, 2.45) is 5.41 Å². The average molecular weight is 299 g/mol. The number of rotatable bonds is 4. The lowest BCUT2D eigenvalue weighted by Gasteiger charge is -2.41. The standard InChI is InChI=1S/C17H24F3N/c1-3-21-15(16(2)11-5-4-6-12-16)13-7-9-14(10-8-13)17(18,19)20/h7-10,15,21H,3-6,11-12H2,1-2H3. The Morgan fingerprint density at radius 1 is 1.10 bits per heavy atom. The lowest BCUT2D eigenvalue weighted by molar-refractivity contribution is -0.137. The highest BCUT2D eigenvalue weighted by Crippen LogP contribution is 2.45. The first-order valence-corrected chi connectivity index (χ1v) is 7.77. The third kappa shape index (κ3) is 3.79. The van der Waals surface area contributed by atoms with E-state index in [0.717, 1.165) is 24.9 Å². The van der Waals surface area contributed by atoms with Gasteiger partial charge in [0.15, 0.2) is 0 Å². The molecule has 0 spiro atoms. The van der Waals surface area contributed by atoms with Gasteiger partial charge in [-0.1, -0.05) is 45.2 Å². The highest BCUT2D eigenvalue weighted by Gasteiger charge is 2.36. The minimum Gasteiger partial charge on any atom is -0.310 e. The third-order valence-electron chi connectivity index (χ3n) is 4.67. The first kappa shape index (κ1) is 16.3. The Balaban J connectivity index is 2.25. The Kier molecular flexibility index (Phi) is 4.97. The molecule has 0 radical (unpaired) electrons. The van der Waals surface area contributed by atoms with E-state index in [1.54, 1.807) is 12.1 Å². The normalized spacial score (nSPS) is 20.2. The maximum absolute atomic E-state index is 12.7. The number of benzene rings is 1. The Morgan fingerprint density at radius 2 is 1.67 bits per heavy atom. The molecule has 1 saturated carbocycles. The van der Waals surface area contributed by atoms with Crippen LogP contribution in [-0.4, -0.2) is 6.54 Å². The van der Waals surface area contributed by atoms with Gasteiger partial charge in [0.25, 0.3) is 0 Å². The van der Waals surface area contributed by atoms with E-state index in [2.05, 4.69) is 12.2 Å². The molecule has 0 saturated heterocycles. The average Bonchev–Trinajstić information content (AvgIpc) is 2.44. The lowest BCUT2D eigenvalue weighted by Crippen LogP contribution is -2.37. The molecule has 1 aromatic rings. The van der Waals surface area contributed by atoms with Crippen LogP contribution in [0.4, 0.5) is 13.2 Å². The molecule has 1 fully saturated rings. The van der Waals surface area contributed by atoms with E-state index in [1.807, 2.05) is 6.92 Å². The minimum absolute atomic E-state index is 0.130. The maximum Gasteiger partial charge on any atom is 0.416 e. The number of nitrogens with one attached hydrogen (secondary N) is 1. The van der Waals surface area contributed by atoms with E-state index in [1.165, 1.54) is 31.4 Å². The molecule has 2 rings (SSSR count). The van der Waals surface area contributed by atoms with Gasteiger partial charge in [-0.15, -0.1) is 0 Å². The Hall–Kier alpha value is -1.03. The molecule has 1 aromatic carbocycles. The summed E-state index contributed by atoms with van der Waals surface area (Å²) in [5.74, 6) is 0. The molecule has 1 nitrogen and oxygen atoms in total. The monoisotopic (exact) mass is 299 g/mol. The van der Waals surface area contributed by atoms with Gasteiger partial charge < -0.3 is 5.32 Å². The highest BCUT2D eigenvalue weighted by atomic mass is 19.4. The molecule has 1 N–H and O–H groups in total. The maximum atomic E-state index is 12.7. The van der Waals surface area contributed by atoms with Crippen molar-refractivity contribution in [1.29, 1.82) is 0 Å². The Labute approximate surface area is 124 Å². The number of hydrogen-bond acceptors (Lipinski definition) is 1. The summed E-state index contributed by atoms with van der Waals surface area (Å²) < 4.78 is 38.0. The number of alkyl halides is 3. The quantitative estimate of drug-likeness (QED) is 0.792. The van der Waals surface area contributed by atoms with Crippen LogP contribution in [0.2, 0.25) is 0 Å². The van der Waals surface area contributed by atoms with Gasteiger partial charge in [0, 0.05) is 6.04 Å². The molecular formula is C17H24F3N. The minimum atomic E-state index is -4.26. The first-order chi connectivity index (χ1) is 9.87. The van der Waals surface area contributed by atoms with Crippen molar-refractivity contribution >= 4 is 0 Å². The zero-order chi connectivity index (χ0) is 15.5. The molecule has 1 aliphatic carbocycles. The first-order valence-electron chi connectivity index (χ1n) is 7.77. The summed E-state index contributed by atoms with van der Waals surface area (Å²) in [6, 6.07) is 5.80. The molecular weight excluding hydrogens is 275 g/mol. The summed E-state index contributed by atoms with van der Waals surface area (Å²) in [5, 5.41) is 3.49. The zero-order valence-corrected chi connectivity index (χ0v) is 12.8.